The van der Waals surface area contributed by atoms with E-state index in [1.54, 1.807) is 6.07 Å². The number of hydrogen-bond donors (Lipinski definition) is 2. The van der Waals surface area contributed by atoms with E-state index in [1.165, 1.54) is 30.2 Å². The molecule has 0 saturated carbocycles. The number of H-pyrrole nitrogens is 1. The number of aromatic amines is 1. The molecule has 0 saturated heterocycles. The molecule has 0 atom stereocenters. The number of benzene rings is 1. The molecule has 1 heterocycles. The lowest BCUT2D eigenvalue weighted by molar-refractivity contribution is 0.627. The number of hydrogen-bond acceptors (Lipinski definition) is 4. The van der Waals surface area contributed by atoms with Crippen LogP contribution in [0.5, 0.6) is 0 Å². The van der Waals surface area contributed by atoms with Gasteiger partial charge in [0.15, 0.2) is 5.16 Å². The lowest BCUT2D eigenvalue weighted by atomic mass is 10.2. The maximum absolute atomic E-state index is 13.0. The van der Waals surface area contributed by atoms with Gasteiger partial charge in [-0.15, -0.1) is 0 Å². The topological polar surface area (TPSA) is 67.6 Å². The van der Waals surface area contributed by atoms with Crippen molar-refractivity contribution < 1.29 is 4.39 Å². The van der Waals surface area contributed by atoms with Crippen molar-refractivity contribution in [3.8, 4) is 0 Å². The average molecular weight is 224 g/mol. The van der Waals surface area contributed by atoms with E-state index in [0.29, 0.717) is 16.6 Å². The van der Waals surface area contributed by atoms with Crippen molar-refractivity contribution in [1.82, 2.24) is 15.2 Å². The molecular formula is C9H9FN4S. The van der Waals surface area contributed by atoms with E-state index < -0.39 is 0 Å². The summed E-state index contributed by atoms with van der Waals surface area (Å²) in [6.45, 7) is 0. The zero-order chi connectivity index (χ0) is 10.7. The normalized spacial score (nSPS) is 10.5. The standard InChI is InChI=1S/C9H9FN4S/c10-7-1-6(2-8(11)3-7)4-15-9-12-5-13-14-9/h1-3,5H,4,11H2,(H,12,13,14). The number of nitrogen functional groups attached to an aromatic ring is 1. The van der Waals surface area contributed by atoms with Crippen LogP contribution in [0.4, 0.5) is 10.1 Å². The number of anilines is 1. The van der Waals surface area contributed by atoms with Crippen LogP contribution < -0.4 is 5.73 Å². The average Bonchev–Trinajstić information content (AvgIpc) is 2.65. The predicted molar refractivity (Wildman–Crippen MR) is 56.8 cm³/mol. The number of rotatable bonds is 3. The summed E-state index contributed by atoms with van der Waals surface area (Å²) in [7, 11) is 0. The molecule has 1 aromatic heterocycles. The van der Waals surface area contributed by atoms with Crippen molar-refractivity contribution in [1.29, 1.82) is 0 Å². The van der Waals surface area contributed by atoms with Crippen LogP contribution in [0.3, 0.4) is 0 Å². The number of nitrogens with zero attached hydrogens (tertiary/aromatic N) is 2. The third-order valence-corrected chi connectivity index (χ3v) is 2.70. The molecule has 0 aliphatic rings. The van der Waals surface area contributed by atoms with Crippen LogP contribution >= 0.6 is 11.8 Å². The Bertz CT molecular complexity index is 423. The molecule has 0 unspecified atom stereocenters. The molecule has 0 aliphatic heterocycles. The number of halogens is 1. The van der Waals surface area contributed by atoms with Gasteiger partial charge in [-0.2, -0.15) is 5.10 Å². The van der Waals surface area contributed by atoms with Crippen molar-refractivity contribution in [2.45, 2.75) is 10.9 Å². The first-order chi connectivity index (χ1) is 7.24. The second-order valence-electron chi connectivity index (χ2n) is 2.97. The Hall–Kier alpha value is -1.56. The van der Waals surface area contributed by atoms with Gasteiger partial charge in [-0.1, -0.05) is 11.8 Å². The van der Waals surface area contributed by atoms with E-state index in [9.17, 15) is 4.39 Å². The summed E-state index contributed by atoms with van der Waals surface area (Å²) in [5.41, 5.74) is 6.78. The van der Waals surface area contributed by atoms with Crippen LogP contribution in [0.2, 0.25) is 0 Å². The first kappa shape index (κ1) is 9.97. The molecule has 2 aromatic rings. The highest BCUT2D eigenvalue weighted by Crippen LogP contribution is 2.20. The van der Waals surface area contributed by atoms with Crippen LogP contribution in [0.25, 0.3) is 0 Å². The predicted octanol–water partition coefficient (Wildman–Crippen LogP) is 1.82. The van der Waals surface area contributed by atoms with Gasteiger partial charge in [0.25, 0.3) is 0 Å². The quantitative estimate of drug-likeness (QED) is 0.616. The van der Waals surface area contributed by atoms with Gasteiger partial charge in [-0.25, -0.2) is 9.37 Å². The summed E-state index contributed by atoms with van der Waals surface area (Å²) in [5.74, 6) is 0.292. The molecule has 78 valence electrons. The number of nitrogens with one attached hydrogen (secondary N) is 1. The summed E-state index contributed by atoms with van der Waals surface area (Å²) < 4.78 is 13.0. The van der Waals surface area contributed by atoms with Crippen molar-refractivity contribution in [3.05, 3.63) is 35.9 Å². The van der Waals surface area contributed by atoms with Crippen LogP contribution in [0.15, 0.2) is 29.7 Å². The molecular weight excluding hydrogens is 215 g/mol. The van der Waals surface area contributed by atoms with E-state index in [0.717, 1.165) is 5.56 Å². The number of aromatic nitrogens is 3. The van der Waals surface area contributed by atoms with Gasteiger partial charge in [-0.3, -0.25) is 5.10 Å². The largest absolute Gasteiger partial charge is 0.399 e. The third kappa shape index (κ3) is 2.69. The molecule has 6 heteroatoms. The Labute approximate surface area is 90.1 Å². The fourth-order valence-corrected chi connectivity index (χ4v) is 1.88. The Morgan fingerprint density at radius 1 is 1.40 bits per heavy atom. The second kappa shape index (κ2) is 4.31. The lowest BCUT2D eigenvalue weighted by Crippen LogP contribution is -1.90. The van der Waals surface area contributed by atoms with Crippen molar-refractivity contribution in [3.63, 3.8) is 0 Å². The summed E-state index contributed by atoms with van der Waals surface area (Å²) in [6.07, 6.45) is 1.43. The Morgan fingerprint density at radius 3 is 2.93 bits per heavy atom. The number of nitrogens with two attached hydrogens (primary N) is 1. The van der Waals surface area contributed by atoms with Crippen LogP contribution in [-0.4, -0.2) is 15.2 Å². The molecule has 0 bridgehead atoms. The fourth-order valence-electron chi connectivity index (χ4n) is 1.17. The summed E-state index contributed by atoms with van der Waals surface area (Å²) >= 11 is 1.45. The van der Waals surface area contributed by atoms with Crippen LogP contribution in [-0.2, 0) is 5.75 Å². The minimum absolute atomic E-state index is 0.317. The molecule has 4 nitrogen and oxygen atoms in total. The molecule has 0 radical (unpaired) electrons. The molecule has 0 aliphatic carbocycles. The van der Waals surface area contributed by atoms with Gasteiger partial charge >= 0.3 is 0 Å². The summed E-state index contributed by atoms with van der Waals surface area (Å²) in [4.78, 5) is 3.95. The van der Waals surface area contributed by atoms with Gasteiger partial charge < -0.3 is 5.73 Å². The van der Waals surface area contributed by atoms with E-state index in [4.69, 9.17) is 5.73 Å². The minimum atomic E-state index is -0.317. The summed E-state index contributed by atoms with van der Waals surface area (Å²) in [5, 5.41) is 7.13. The van der Waals surface area contributed by atoms with Crippen molar-refractivity contribution in [2.24, 2.45) is 0 Å². The van der Waals surface area contributed by atoms with Gasteiger partial charge in [0.2, 0.25) is 0 Å². The Morgan fingerprint density at radius 2 is 2.27 bits per heavy atom. The Balaban J connectivity index is 2.05. The fraction of sp³-hybridized carbons (Fsp3) is 0.111. The smallest absolute Gasteiger partial charge is 0.183 e. The van der Waals surface area contributed by atoms with Crippen LogP contribution in [0, 0.1) is 5.82 Å². The maximum Gasteiger partial charge on any atom is 0.183 e. The molecule has 0 fully saturated rings. The lowest BCUT2D eigenvalue weighted by Gasteiger charge is -2.01. The second-order valence-corrected chi connectivity index (χ2v) is 3.94. The molecule has 0 spiro atoms. The van der Waals surface area contributed by atoms with Gasteiger partial charge in [-0.05, 0) is 23.8 Å². The van der Waals surface area contributed by atoms with E-state index in [2.05, 4.69) is 15.2 Å². The molecule has 1 aromatic carbocycles. The summed E-state index contributed by atoms with van der Waals surface area (Å²) in [6, 6.07) is 4.49. The van der Waals surface area contributed by atoms with E-state index in [-0.39, 0.29) is 5.82 Å². The molecule has 0 amide bonds. The highest BCUT2D eigenvalue weighted by molar-refractivity contribution is 7.98. The van der Waals surface area contributed by atoms with Crippen molar-refractivity contribution in [2.75, 3.05) is 5.73 Å². The Kier molecular flexibility index (Phi) is 2.86. The molecule has 2 rings (SSSR count). The van der Waals surface area contributed by atoms with E-state index in [1.807, 2.05) is 0 Å². The first-order valence-corrected chi connectivity index (χ1v) is 5.26. The molecule has 15 heavy (non-hydrogen) atoms. The van der Waals surface area contributed by atoms with E-state index >= 15 is 0 Å². The SMILES string of the molecule is Nc1cc(F)cc(CSc2ncn[nH]2)c1. The van der Waals surface area contributed by atoms with Gasteiger partial charge in [0.1, 0.15) is 12.1 Å². The van der Waals surface area contributed by atoms with Crippen LogP contribution in [0.1, 0.15) is 5.56 Å². The zero-order valence-corrected chi connectivity index (χ0v) is 8.59. The first-order valence-electron chi connectivity index (χ1n) is 4.27. The number of thioether (sulfide) groups is 1. The highest BCUT2D eigenvalue weighted by Gasteiger charge is 2.01. The zero-order valence-electron chi connectivity index (χ0n) is 7.77. The third-order valence-electron chi connectivity index (χ3n) is 1.75. The maximum atomic E-state index is 13.0. The highest BCUT2D eigenvalue weighted by atomic mass is 32.2. The van der Waals surface area contributed by atoms with Gasteiger partial charge in [0, 0.05) is 11.4 Å². The molecule has 3 N–H and O–H groups in total. The monoisotopic (exact) mass is 224 g/mol. The van der Waals surface area contributed by atoms with Crippen molar-refractivity contribution >= 4 is 17.4 Å². The van der Waals surface area contributed by atoms with Gasteiger partial charge in [0.05, 0.1) is 0 Å². The minimum Gasteiger partial charge on any atom is -0.399 e.